The van der Waals surface area contributed by atoms with Gasteiger partial charge in [-0.25, -0.2) is 9.79 Å². The predicted octanol–water partition coefficient (Wildman–Crippen LogP) is 5.90. The first-order valence-electron chi connectivity index (χ1n) is 13.2. The molecule has 4 rings (SSSR count). The van der Waals surface area contributed by atoms with Crippen molar-refractivity contribution in [2.45, 2.75) is 20.8 Å². The summed E-state index contributed by atoms with van der Waals surface area (Å²) in [5.41, 5.74) is 2.35. The molecular formula is C31H31N3O6S. The molecule has 0 spiro atoms. The Labute approximate surface area is 243 Å². The van der Waals surface area contributed by atoms with E-state index in [1.165, 1.54) is 11.8 Å². The molecule has 10 heteroatoms. The summed E-state index contributed by atoms with van der Waals surface area (Å²) >= 11 is 1.25. The Bertz CT molecular complexity index is 1470. The zero-order valence-corrected chi connectivity index (χ0v) is 23.9. The van der Waals surface area contributed by atoms with Crippen LogP contribution < -0.4 is 14.8 Å². The number of nitrogens with zero attached hydrogens (tertiary/aromatic N) is 2. The van der Waals surface area contributed by atoms with Crippen LogP contribution in [-0.2, 0) is 14.3 Å². The Morgan fingerprint density at radius 3 is 2.46 bits per heavy atom. The lowest BCUT2D eigenvalue weighted by Gasteiger charge is -2.13. The minimum Gasteiger partial charge on any atom is -0.490 e. The number of likely N-dealkylation sites (N-methyl/N-ethyl adjacent to an activating group) is 1. The molecule has 1 aliphatic rings. The lowest BCUT2D eigenvalue weighted by molar-refractivity contribution is -0.122. The number of ether oxygens (including phenoxy) is 3. The first-order valence-corrected chi connectivity index (χ1v) is 14.0. The normalized spacial score (nSPS) is 14.8. The quantitative estimate of drug-likeness (QED) is 0.225. The third-order valence-corrected chi connectivity index (χ3v) is 6.77. The van der Waals surface area contributed by atoms with Gasteiger partial charge < -0.3 is 19.5 Å². The number of nitrogens with one attached hydrogen (secondary N) is 1. The number of aliphatic imine (C=N–C) groups is 1. The summed E-state index contributed by atoms with van der Waals surface area (Å²) in [4.78, 5) is 44.3. The van der Waals surface area contributed by atoms with E-state index in [-0.39, 0.29) is 25.0 Å². The van der Waals surface area contributed by atoms with E-state index in [1.807, 2.05) is 32.0 Å². The Kier molecular flexibility index (Phi) is 10.2. The molecule has 2 amide bonds. The molecule has 1 fully saturated rings. The van der Waals surface area contributed by atoms with Gasteiger partial charge in [-0.1, -0.05) is 30.3 Å². The van der Waals surface area contributed by atoms with Crippen molar-refractivity contribution in [2.24, 2.45) is 4.99 Å². The zero-order chi connectivity index (χ0) is 29.2. The monoisotopic (exact) mass is 573 g/mol. The number of hydrogen-bond acceptors (Lipinski definition) is 8. The molecule has 0 aromatic heterocycles. The summed E-state index contributed by atoms with van der Waals surface area (Å²) in [7, 11) is 0. The van der Waals surface area contributed by atoms with Gasteiger partial charge in [0.05, 0.1) is 29.4 Å². The molecule has 41 heavy (non-hydrogen) atoms. The molecule has 3 aromatic carbocycles. The van der Waals surface area contributed by atoms with Crippen LogP contribution in [-0.4, -0.2) is 54.2 Å². The number of hydrogen-bond donors (Lipinski definition) is 1. The zero-order valence-electron chi connectivity index (χ0n) is 23.1. The maximum atomic E-state index is 13.2. The second-order valence-electron chi connectivity index (χ2n) is 8.67. The van der Waals surface area contributed by atoms with Crippen molar-refractivity contribution in [2.75, 3.05) is 31.7 Å². The van der Waals surface area contributed by atoms with E-state index in [9.17, 15) is 14.4 Å². The number of amidine groups is 1. The third kappa shape index (κ3) is 7.76. The standard InChI is InChI=1S/C31H31N3O6S/c1-4-34-29(36)27(41-31(34)33-24-14-10-11-22(19-24)30(37)39-6-3)18-21-15-16-25(26(17-21)38-5-2)40-20-28(35)32-23-12-8-7-9-13-23/h7-19H,4-6,20H2,1-3H3,(H,32,35). The smallest absolute Gasteiger partial charge is 0.338 e. The minimum atomic E-state index is -0.424. The number of benzene rings is 3. The molecule has 212 valence electrons. The van der Waals surface area contributed by atoms with E-state index in [0.29, 0.717) is 51.7 Å². The van der Waals surface area contributed by atoms with Gasteiger partial charge in [0.25, 0.3) is 11.8 Å². The SMILES string of the molecule is CCOC(=O)c1cccc(N=C2SC(=Cc3ccc(OCC(=O)Nc4ccccc4)c(OCC)c3)C(=O)N2CC)c1. The lowest BCUT2D eigenvalue weighted by atomic mass is 10.2. The fraction of sp³-hybridized carbons (Fsp3) is 0.226. The molecule has 1 N–H and O–H groups in total. The summed E-state index contributed by atoms with van der Waals surface area (Å²) in [5, 5.41) is 3.29. The molecular weight excluding hydrogens is 542 g/mol. The number of carbonyl (C=O) groups is 3. The van der Waals surface area contributed by atoms with Crippen molar-refractivity contribution in [1.82, 2.24) is 4.90 Å². The van der Waals surface area contributed by atoms with E-state index < -0.39 is 5.97 Å². The second-order valence-corrected chi connectivity index (χ2v) is 9.68. The molecule has 1 aliphatic heterocycles. The fourth-order valence-electron chi connectivity index (χ4n) is 3.91. The maximum absolute atomic E-state index is 13.2. The minimum absolute atomic E-state index is 0.173. The van der Waals surface area contributed by atoms with Crippen molar-refractivity contribution >= 4 is 52.2 Å². The van der Waals surface area contributed by atoms with Gasteiger partial charge in [-0.2, -0.15) is 0 Å². The molecule has 0 bridgehead atoms. The fourth-order valence-corrected chi connectivity index (χ4v) is 4.98. The summed E-state index contributed by atoms with van der Waals surface area (Å²) in [6, 6.07) is 21.2. The molecule has 1 saturated heterocycles. The van der Waals surface area contributed by atoms with Gasteiger partial charge >= 0.3 is 5.97 Å². The maximum Gasteiger partial charge on any atom is 0.338 e. The highest BCUT2D eigenvalue weighted by molar-refractivity contribution is 8.18. The van der Waals surface area contributed by atoms with E-state index in [4.69, 9.17) is 14.2 Å². The van der Waals surface area contributed by atoms with Crippen LogP contribution in [0.3, 0.4) is 0 Å². The van der Waals surface area contributed by atoms with Crippen LogP contribution in [0.5, 0.6) is 11.5 Å². The first-order chi connectivity index (χ1) is 19.9. The van der Waals surface area contributed by atoms with Crippen LogP contribution in [0.4, 0.5) is 11.4 Å². The van der Waals surface area contributed by atoms with E-state index >= 15 is 0 Å². The molecule has 0 atom stereocenters. The average molecular weight is 574 g/mol. The highest BCUT2D eigenvalue weighted by Crippen LogP contribution is 2.36. The second kappa shape index (κ2) is 14.2. The Morgan fingerprint density at radius 2 is 1.73 bits per heavy atom. The Balaban J connectivity index is 1.51. The molecule has 9 nitrogen and oxygen atoms in total. The molecule has 0 radical (unpaired) electrons. The average Bonchev–Trinajstić information content (AvgIpc) is 3.26. The summed E-state index contributed by atoms with van der Waals surface area (Å²) in [6.07, 6.45) is 1.77. The number of carbonyl (C=O) groups excluding carboxylic acids is 3. The van der Waals surface area contributed by atoms with E-state index in [2.05, 4.69) is 10.3 Å². The Morgan fingerprint density at radius 1 is 0.927 bits per heavy atom. The van der Waals surface area contributed by atoms with Crippen LogP contribution in [0.2, 0.25) is 0 Å². The van der Waals surface area contributed by atoms with Gasteiger partial charge in [-0.05, 0) is 86.6 Å². The van der Waals surface area contributed by atoms with Gasteiger partial charge in [0.1, 0.15) is 0 Å². The van der Waals surface area contributed by atoms with Gasteiger partial charge in [-0.3, -0.25) is 14.5 Å². The van der Waals surface area contributed by atoms with Crippen LogP contribution >= 0.6 is 11.8 Å². The van der Waals surface area contributed by atoms with Crippen molar-refractivity contribution in [1.29, 1.82) is 0 Å². The summed E-state index contributed by atoms with van der Waals surface area (Å²) in [5.74, 6) is -0.0129. The number of esters is 1. The largest absolute Gasteiger partial charge is 0.490 e. The van der Waals surface area contributed by atoms with Crippen molar-refractivity contribution in [3.63, 3.8) is 0 Å². The van der Waals surface area contributed by atoms with E-state index in [0.717, 1.165) is 5.56 Å². The molecule has 0 aliphatic carbocycles. The molecule has 0 unspecified atom stereocenters. The number of anilines is 1. The molecule has 3 aromatic rings. The summed E-state index contributed by atoms with van der Waals surface area (Å²) < 4.78 is 16.6. The first kappa shape index (κ1) is 29.4. The van der Waals surface area contributed by atoms with Crippen molar-refractivity contribution in [3.05, 3.63) is 88.8 Å². The van der Waals surface area contributed by atoms with Gasteiger partial charge in [-0.15, -0.1) is 0 Å². The highest BCUT2D eigenvalue weighted by Gasteiger charge is 2.32. The number of para-hydroxylation sites is 1. The topological polar surface area (TPSA) is 107 Å². The van der Waals surface area contributed by atoms with E-state index in [1.54, 1.807) is 72.5 Å². The van der Waals surface area contributed by atoms with Crippen molar-refractivity contribution < 1.29 is 28.6 Å². The molecule has 1 heterocycles. The third-order valence-electron chi connectivity index (χ3n) is 5.77. The van der Waals surface area contributed by atoms with Crippen LogP contribution in [0.15, 0.2) is 82.7 Å². The van der Waals surface area contributed by atoms with Gasteiger partial charge in [0.2, 0.25) is 0 Å². The van der Waals surface area contributed by atoms with Crippen LogP contribution in [0.1, 0.15) is 36.7 Å². The Hall–Kier alpha value is -4.57. The van der Waals surface area contributed by atoms with Crippen LogP contribution in [0.25, 0.3) is 6.08 Å². The predicted molar refractivity (Wildman–Crippen MR) is 161 cm³/mol. The number of thioether (sulfide) groups is 1. The summed E-state index contributed by atoms with van der Waals surface area (Å²) in [6.45, 7) is 6.39. The highest BCUT2D eigenvalue weighted by atomic mass is 32.2. The molecule has 0 saturated carbocycles. The number of rotatable bonds is 11. The number of amides is 2. The van der Waals surface area contributed by atoms with Crippen LogP contribution in [0, 0.1) is 0 Å². The van der Waals surface area contributed by atoms with Crippen molar-refractivity contribution in [3.8, 4) is 11.5 Å². The lowest BCUT2D eigenvalue weighted by Crippen LogP contribution is -2.28. The van der Waals surface area contributed by atoms with Gasteiger partial charge in [0, 0.05) is 12.2 Å². The van der Waals surface area contributed by atoms with Gasteiger partial charge in [0.15, 0.2) is 23.3 Å².